The average molecular weight is 324 g/mol. The van der Waals surface area contributed by atoms with Crippen LogP contribution in [0.3, 0.4) is 0 Å². The van der Waals surface area contributed by atoms with Crippen LogP contribution in [0.5, 0.6) is 5.75 Å². The van der Waals surface area contributed by atoms with Gasteiger partial charge in [-0.25, -0.2) is 0 Å². The number of rotatable bonds is 8. The van der Waals surface area contributed by atoms with E-state index in [2.05, 4.69) is 20.8 Å². The number of ether oxygens (including phenoxy) is 1. The molecular formula is C13H16N4O2S2. The minimum absolute atomic E-state index is 0.0436. The molecule has 0 saturated heterocycles. The molecule has 0 spiro atoms. The number of para-hydroxylation sites is 1. The van der Waals surface area contributed by atoms with Crippen molar-refractivity contribution < 1.29 is 9.53 Å². The Morgan fingerprint density at radius 2 is 2.14 bits per heavy atom. The molecule has 2 N–H and O–H groups in total. The third-order valence-electron chi connectivity index (χ3n) is 2.38. The highest BCUT2D eigenvalue weighted by molar-refractivity contribution is 8.01. The highest BCUT2D eigenvalue weighted by Crippen LogP contribution is 2.24. The number of benzene rings is 1. The van der Waals surface area contributed by atoms with Crippen molar-refractivity contribution in [2.24, 2.45) is 0 Å². The van der Waals surface area contributed by atoms with Crippen molar-refractivity contribution in [2.45, 2.75) is 4.34 Å². The van der Waals surface area contributed by atoms with E-state index in [1.807, 2.05) is 30.3 Å². The molecule has 0 fully saturated rings. The van der Waals surface area contributed by atoms with Crippen molar-refractivity contribution in [1.82, 2.24) is 15.5 Å². The largest absolute Gasteiger partial charge is 0.492 e. The van der Waals surface area contributed by atoms with Crippen molar-refractivity contribution in [3.05, 3.63) is 30.3 Å². The lowest BCUT2D eigenvalue weighted by Crippen LogP contribution is -2.29. The molecule has 0 aliphatic heterocycles. The molecule has 1 aromatic carbocycles. The highest BCUT2D eigenvalue weighted by atomic mass is 32.2. The van der Waals surface area contributed by atoms with Crippen molar-refractivity contribution in [3.8, 4) is 5.75 Å². The van der Waals surface area contributed by atoms with E-state index in [0.717, 1.165) is 15.2 Å². The van der Waals surface area contributed by atoms with E-state index < -0.39 is 0 Å². The summed E-state index contributed by atoms with van der Waals surface area (Å²) < 4.78 is 6.26. The number of amides is 1. The summed E-state index contributed by atoms with van der Waals surface area (Å²) in [7, 11) is 1.79. The first-order valence-electron chi connectivity index (χ1n) is 6.36. The van der Waals surface area contributed by atoms with Gasteiger partial charge >= 0.3 is 0 Å². The van der Waals surface area contributed by atoms with E-state index >= 15 is 0 Å². The van der Waals surface area contributed by atoms with E-state index in [1.165, 1.54) is 23.1 Å². The summed E-state index contributed by atoms with van der Waals surface area (Å²) >= 11 is 2.80. The predicted octanol–water partition coefficient (Wildman–Crippen LogP) is 1.87. The fourth-order valence-electron chi connectivity index (χ4n) is 1.42. The molecule has 1 amide bonds. The minimum Gasteiger partial charge on any atom is -0.492 e. The number of carbonyl (C=O) groups is 1. The summed E-state index contributed by atoms with van der Waals surface area (Å²) in [6.45, 7) is 0.926. The second-order valence-corrected chi connectivity index (χ2v) is 6.12. The van der Waals surface area contributed by atoms with Gasteiger partial charge in [0.2, 0.25) is 11.0 Å². The van der Waals surface area contributed by atoms with Crippen molar-refractivity contribution in [1.29, 1.82) is 0 Å². The summed E-state index contributed by atoms with van der Waals surface area (Å²) in [6, 6.07) is 9.51. The standard InChI is InChI=1S/C13H16N4O2S2/c1-14-12-16-17-13(21-12)20-9-11(18)15-7-8-19-10-5-3-2-4-6-10/h2-6H,7-9H2,1H3,(H,14,16)(H,15,18). The quantitative estimate of drug-likeness (QED) is 0.570. The number of thioether (sulfide) groups is 1. The van der Waals surface area contributed by atoms with Crippen molar-refractivity contribution >= 4 is 34.1 Å². The van der Waals surface area contributed by atoms with Gasteiger partial charge in [0.1, 0.15) is 12.4 Å². The van der Waals surface area contributed by atoms with Gasteiger partial charge in [-0.15, -0.1) is 10.2 Å². The maximum atomic E-state index is 11.7. The molecule has 2 aromatic rings. The van der Waals surface area contributed by atoms with Gasteiger partial charge in [0.05, 0.1) is 12.3 Å². The molecule has 0 saturated carbocycles. The number of hydrogen-bond acceptors (Lipinski definition) is 7. The van der Waals surface area contributed by atoms with E-state index in [-0.39, 0.29) is 5.91 Å². The van der Waals surface area contributed by atoms with Gasteiger partial charge in [-0.2, -0.15) is 0 Å². The Hall–Kier alpha value is -1.80. The average Bonchev–Trinajstić information content (AvgIpc) is 2.99. The zero-order chi connectivity index (χ0) is 14.9. The number of hydrogen-bond donors (Lipinski definition) is 2. The number of anilines is 1. The fourth-order valence-corrected chi connectivity index (χ4v) is 2.96. The van der Waals surface area contributed by atoms with Gasteiger partial charge in [-0.05, 0) is 12.1 Å². The van der Waals surface area contributed by atoms with Crippen LogP contribution in [-0.2, 0) is 4.79 Å². The maximum absolute atomic E-state index is 11.7. The Bertz CT molecular complexity index is 562. The zero-order valence-corrected chi connectivity index (χ0v) is 13.2. The molecule has 112 valence electrons. The third-order valence-corrected chi connectivity index (χ3v) is 4.46. The SMILES string of the molecule is CNc1nnc(SCC(=O)NCCOc2ccccc2)s1. The Labute approximate surface area is 131 Å². The summed E-state index contributed by atoms with van der Waals surface area (Å²) in [5.74, 6) is 1.08. The second kappa shape index (κ2) is 8.48. The van der Waals surface area contributed by atoms with E-state index in [9.17, 15) is 4.79 Å². The summed E-state index contributed by atoms with van der Waals surface area (Å²) in [5, 5.41) is 14.3. The lowest BCUT2D eigenvalue weighted by Gasteiger charge is -2.06. The smallest absolute Gasteiger partial charge is 0.230 e. The summed E-state index contributed by atoms with van der Waals surface area (Å²) in [5.41, 5.74) is 0. The van der Waals surface area contributed by atoms with Crippen LogP contribution >= 0.6 is 23.1 Å². The third kappa shape index (κ3) is 5.60. The van der Waals surface area contributed by atoms with E-state index in [0.29, 0.717) is 18.9 Å². The monoisotopic (exact) mass is 324 g/mol. The molecule has 8 heteroatoms. The molecule has 1 heterocycles. The number of nitrogens with zero attached hydrogens (tertiary/aromatic N) is 2. The summed E-state index contributed by atoms with van der Waals surface area (Å²) in [6.07, 6.45) is 0. The highest BCUT2D eigenvalue weighted by Gasteiger charge is 2.07. The van der Waals surface area contributed by atoms with E-state index in [4.69, 9.17) is 4.74 Å². The predicted molar refractivity (Wildman–Crippen MR) is 85.1 cm³/mol. The Morgan fingerprint density at radius 3 is 2.86 bits per heavy atom. The first-order valence-corrected chi connectivity index (χ1v) is 8.17. The molecule has 0 radical (unpaired) electrons. The maximum Gasteiger partial charge on any atom is 0.230 e. The van der Waals surface area contributed by atoms with Gasteiger partial charge in [0, 0.05) is 7.05 Å². The molecule has 0 aliphatic carbocycles. The molecular weight excluding hydrogens is 308 g/mol. The van der Waals surface area contributed by atoms with Gasteiger partial charge in [-0.3, -0.25) is 4.79 Å². The first kappa shape index (κ1) is 15.6. The minimum atomic E-state index is -0.0436. The van der Waals surface area contributed by atoms with Crippen LogP contribution in [0.4, 0.5) is 5.13 Å². The lowest BCUT2D eigenvalue weighted by molar-refractivity contribution is -0.118. The van der Waals surface area contributed by atoms with Gasteiger partial charge in [0.15, 0.2) is 4.34 Å². The normalized spacial score (nSPS) is 10.1. The molecule has 0 bridgehead atoms. The van der Waals surface area contributed by atoms with Crippen LogP contribution in [0.2, 0.25) is 0 Å². The molecule has 0 atom stereocenters. The first-order chi connectivity index (χ1) is 10.3. The van der Waals surface area contributed by atoms with Crippen LogP contribution < -0.4 is 15.4 Å². The van der Waals surface area contributed by atoms with Crippen LogP contribution in [0.25, 0.3) is 0 Å². The van der Waals surface area contributed by atoms with Crippen molar-refractivity contribution in [2.75, 3.05) is 31.3 Å². The summed E-state index contributed by atoms with van der Waals surface area (Å²) in [4.78, 5) is 11.7. The Kier molecular flexibility index (Phi) is 6.29. The molecule has 21 heavy (non-hydrogen) atoms. The van der Waals surface area contributed by atoms with Crippen LogP contribution in [0.15, 0.2) is 34.7 Å². The lowest BCUT2D eigenvalue weighted by atomic mass is 10.3. The van der Waals surface area contributed by atoms with Crippen molar-refractivity contribution in [3.63, 3.8) is 0 Å². The van der Waals surface area contributed by atoms with Crippen LogP contribution in [0, 0.1) is 0 Å². The molecule has 0 unspecified atom stereocenters. The molecule has 0 aliphatic rings. The van der Waals surface area contributed by atoms with Gasteiger partial charge in [-0.1, -0.05) is 41.3 Å². The Morgan fingerprint density at radius 1 is 1.33 bits per heavy atom. The molecule has 6 nitrogen and oxygen atoms in total. The van der Waals surface area contributed by atoms with Gasteiger partial charge in [0.25, 0.3) is 0 Å². The zero-order valence-electron chi connectivity index (χ0n) is 11.5. The van der Waals surface area contributed by atoms with Gasteiger partial charge < -0.3 is 15.4 Å². The second-order valence-electron chi connectivity index (χ2n) is 3.92. The van der Waals surface area contributed by atoms with Crippen LogP contribution in [0.1, 0.15) is 0 Å². The van der Waals surface area contributed by atoms with E-state index in [1.54, 1.807) is 7.05 Å². The number of aromatic nitrogens is 2. The molecule has 1 aromatic heterocycles. The number of nitrogens with one attached hydrogen (secondary N) is 2. The fraction of sp³-hybridized carbons (Fsp3) is 0.308. The molecule has 2 rings (SSSR count). The van der Waals surface area contributed by atoms with Crippen LogP contribution in [-0.4, -0.2) is 42.1 Å². The number of carbonyl (C=O) groups excluding carboxylic acids is 1. The Balaban J connectivity index is 1.59. The topological polar surface area (TPSA) is 76.1 Å².